The minimum atomic E-state index is -0.820. The van der Waals surface area contributed by atoms with Gasteiger partial charge < -0.3 is 19.8 Å². The van der Waals surface area contributed by atoms with Gasteiger partial charge >= 0.3 is 5.76 Å². The molecule has 2 aromatic carbocycles. The van der Waals surface area contributed by atoms with Crippen LogP contribution in [0.1, 0.15) is 6.92 Å². The molecule has 29 heavy (non-hydrogen) atoms. The predicted molar refractivity (Wildman–Crippen MR) is 99.9 cm³/mol. The first-order valence-electron chi connectivity index (χ1n) is 8.64. The molecule has 2 N–H and O–H groups in total. The number of amides is 2. The maximum Gasteiger partial charge on any atom is 0.437 e. The number of halogens is 1. The number of nitrogens with one attached hydrogen (secondary N) is 2. The molecule has 0 saturated heterocycles. The molecule has 3 aromatic rings. The standard InChI is InChI=1S/C19H15FN4O5/c1-10-17(26)22-14-8-13(6-7-15(14)28-10)21-16(25)9-24-19(27)29-18(23-24)11-2-4-12(20)5-3-11/h2-8,10H,9H2,1H3,(H,21,25)(H,22,26)/t10-/m0/s1. The molecule has 1 atom stereocenters. The summed E-state index contributed by atoms with van der Waals surface area (Å²) in [6.07, 6.45) is -0.600. The van der Waals surface area contributed by atoms with Crippen molar-refractivity contribution in [1.82, 2.24) is 9.78 Å². The molecule has 0 aliphatic carbocycles. The number of rotatable bonds is 4. The number of carbonyl (C=O) groups is 2. The molecule has 0 bridgehead atoms. The average molecular weight is 398 g/mol. The lowest BCUT2D eigenvalue weighted by Gasteiger charge is -2.23. The molecular formula is C19H15FN4O5. The Morgan fingerprint density at radius 2 is 2.00 bits per heavy atom. The third kappa shape index (κ3) is 3.86. The van der Waals surface area contributed by atoms with E-state index in [0.717, 1.165) is 4.68 Å². The first-order chi connectivity index (χ1) is 13.9. The van der Waals surface area contributed by atoms with Crippen LogP contribution < -0.4 is 21.1 Å². The van der Waals surface area contributed by atoms with Crippen molar-refractivity contribution >= 4 is 23.2 Å². The highest BCUT2D eigenvalue weighted by molar-refractivity contribution is 5.99. The van der Waals surface area contributed by atoms with Gasteiger partial charge in [0.25, 0.3) is 5.91 Å². The van der Waals surface area contributed by atoms with Crippen molar-refractivity contribution in [1.29, 1.82) is 0 Å². The van der Waals surface area contributed by atoms with Crippen LogP contribution in [-0.2, 0) is 16.1 Å². The van der Waals surface area contributed by atoms with Crippen LogP contribution in [0.25, 0.3) is 11.5 Å². The first kappa shape index (κ1) is 18.4. The number of anilines is 2. The predicted octanol–water partition coefficient (Wildman–Crippen LogP) is 2.00. The van der Waals surface area contributed by atoms with Crippen molar-refractivity contribution in [3.8, 4) is 17.2 Å². The maximum atomic E-state index is 13.0. The topological polar surface area (TPSA) is 115 Å². The molecule has 2 amide bonds. The second-order valence-electron chi connectivity index (χ2n) is 6.35. The van der Waals surface area contributed by atoms with Crippen LogP contribution in [0.15, 0.2) is 51.7 Å². The largest absolute Gasteiger partial charge is 0.479 e. The van der Waals surface area contributed by atoms with Crippen molar-refractivity contribution in [2.24, 2.45) is 0 Å². The molecule has 0 saturated carbocycles. The van der Waals surface area contributed by atoms with E-state index in [9.17, 15) is 18.8 Å². The third-order valence-electron chi connectivity index (χ3n) is 4.18. The Morgan fingerprint density at radius 3 is 2.76 bits per heavy atom. The molecule has 9 nitrogen and oxygen atoms in total. The van der Waals surface area contributed by atoms with Crippen molar-refractivity contribution in [3.63, 3.8) is 0 Å². The summed E-state index contributed by atoms with van der Waals surface area (Å²) in [5.74, 6) is -1.60. The van der Waals surface area contributed by atoms with Crippen molar-refractivity contribution in [3.05, 3.63) is 58.8 Å². The second-order valence-corrected chi connectivity index (χ2v) is 6.35. The van der Waals surface area contributed by atoms with E-state index in [-0.39, 0.29) is 18.3 Å². The van der Waals surface area contributed by atoms with Crippen LogP contribution in [0, 0.1) is 5.82 Å². The summed E-state index contributed by atoms with van der Waals surface area (Å²) in [7, 11) is 0. The Morgan fingerprint density at radius 1 is 1.24 bits per heavy atom. The number of fused-ring (bicyclic) bond motifs is 1. The number of hydrogen-bond donors (Lipinski definition) is 2. The van der Waals surface area contributed by atoms with Crippen LogP contribution in [0.3, 0.4) is 0 Å². The minimum Gasteiger partial charge on any atom is -0.479 e. The number of ether oxygens (including phenoxy) is 1. The molecule has 1 aromatic heterocycles. The van der Waals surface area contributed by atoms with E-state index in [1.807, 2.05) is 0 Å². The van der Waals surface area contributed by atoms with Crippen molar-refractivity contribution in [2.75, 3.05) is 10.6 Å². The molecule has 1 aliphatic rings. The summed E-state index contributed by atoms with van der Waals surface area (Å²) in [5.41, 5.74) is 1.24. The minimum absolute atomic E-state index is 0.0226. The van der Waals surface area contributed by atoms with E-state index in [0.29, 0.717) is 22.7 Å². The van der Waals surface area contributed by atoms with Gasteiger partial charge in [0.05, 0.1) is 5.69 Å². The Balaban J connectivity index is 1.47. The number of carbonyl (C=O) groups excluding carboxylic acids is 2. The van der Waals surface area contributed by atoms with Gasteiger partial charge in [0.15, 0.2) is 6.10 Å². The zero-order valence-corrected chi connectivity index (χ0v) is 15.1. The molecule has 0 spiro atoms. The van der Waals surface area contributed by atoms with E-state index < -0.39 is 23.6 Å². The summed E-state index contributed by atoms with van der Waals surface area (Å²) in [6.45, 7) is 1.24. The quantitative estimate of drug-likeness (QED) is 0.695. The van der Waals surface area contributed by atoms with Gasteiger partial charge in [0.1, 0.15) is 18.1 Å². The molecule has 0 radical (unpaired) electrons. The van der Waals surface area contributed by atoms with Gasteiger partial charge in [-0.25, -0.2) is 9.18 Å². The molecule has 1 aliphatic heterocycles. The number of hydrogen-bond acceptors (Lipinski definition) is 6. The number of aromatic nitrogens is 2. The van der Waals surface area contributed by atoms with E-state index in [1.54, 1.807) is 25.1 Å². The summed E-state index contributed by atoms with van der Waals surface area (Å²) in [5, 5.41) is 9.25. The van der Waals surface area contributed by atoms with Gasteiger partial charge in [0, 0.05) is 11.3 Å². The van der Waals surface area contributed by atoms with Gasteiger partial charge in [0.2, 0.25) is 11.8 Å². The molecule has 0 unspecified atom stereocenters. The molecular weight excluding hydrogens is 383 g/mol. The van der Waals surface area contributed by atoms with Crippen molar-refractivity contribution in [2.45, 2.75) is 19.6 Å². The fourth-order valence-corrected chi connectivity index (χ4v) is 2.74. The first-order valence-corrected chi connectivity index (χ1v) is 8.64. The second kappa shape index (κ2) is 7.23. The highest BCUT2D eigenvalue weighted by Crippen LogP contribution is 2.32. The highest BCUT2D eigenvalue weighted by atomic mass is 19.1. The van der Waals surface area contributed by atoms with Crippen LogP contribution >= 0.6 is 0 Å². The Labute approximate surface area is 163 Å². The van der Waals surface area contributed by atoms with E-state index in [2.05, 4.69) is 15.7 Å². The molecule has 2 heterocycles. The van der Waals surface area contributed by atoms with Gasteiger partial charge in [-0.05, 0) is 49.4 Å². The number of benzene rings is 2. The lowest BCUT2D eigenvalue weighted by molar-refractivity contribution is -0.122. The molecule has 4 rings (SSSR count). The van der Waals surface area contributed by atoms with Gasteiger partial charge in [-0.3, -0.25) is 9.59 Å². The Hall–Kier alpha value is -3.95. The summed E-state index contributed by atoms with van der Waals surface area (Å²) >= 11 is 0. The summed E-state index contributed by atoms with van der Waals surface area (Å²) in [4.78, 5) is 35.9. The summed E-state index contributed by atoms with van der Waals surface area (Å²) < 4.78 is 24.3. The van der Waals surface area contributed by atoms with Crippen LogP contribution in [0.5, 0.6) is 5.75 Å². The lowest BCUT2D eigenvalue weighted by Crippen LogP contribution is -2.34. The third-order valence-corrected chi connectivity index (χ3v) is 4.18. The van der Waals surface area contributed by atoms with Gasteiger partial charge in [-0.2, -0.15) is 4.68 Å². The van der Waals surface area contributed by atoms with Crippen LogP contribution in [0.2, 0.25) is 0 Å². The van der Waals surface area contributed by atoms with Gasteiger partial charge in [-0.1, -0.05) is 0 Å². The highest BCUT2D eigenvalue weighted by Gasteiger charge is 2.23. The van der Waals surface area contributed by atoms with E-state index >= 15 is 0 Å². The monoisotopic (exact) mass is 398 g/mol. The molecule has 0 fully saturated rings. The fourth-order valence-electron chi connectivity index (χ4n) is 2.74. The van der Waals surface area contributed by atoms with E-state index in [1.165, 1.54) is 24.3 Å². The molecule has 10 heteroatoms. The normalized spacial score (nSPS) is 15.2. The van der Waals surface area contributed by atoms with Crippen LogP contribution in [-0.4, -0.2) is 27.7 Å². The fraction of sp³-hybridized carbons (Fsp3) is 0.158. The summed E-state index contributed by atoms with van der Waals surface area (Å²) in [6, 6.07) is 10.0. The maximum absolute atomic E-state index is 13.0. The number of nitrogens with zero attached hydrogens (tertiary/aromatic N) is 2. The molecule has 148 valence electrons. The Bertz CT molecular complexity index is 1150. The average Bonchev–Trinajstić information content (AvgIpc) is 3.04. The van der Waals surface area contributed by atoms with Crippen molar-refractivity contribution < 1.29 is 23.1 Å². The zero-order valence-electron chi connectivity index (χ0n) is 15.1. The van der Waals surface area contributed by atoms with E-state index in [4.69, 9.17) is 9.15 Å². The Kier molecular flexibility index (Phi) is 4.59. The van der Waals surface area contributed by atoms with Gasteiger partial charge in [-0.15, -0.1) is 5.10 Å². The SMILES string of the molecule is C[C@@H]1Oc2ccc(NC(=O)Cn3nc(-c4ccc(F)cc4)oc3=O)cc2NC1=O. The zero-order chi connectivity index (χ0) is 20.5. The van der Waals surface area contributed by atoms with Crippen LogP contribution in [0.4, 0.5) is 15.8 Å². The lowest BCUT2D eigenvalue weighted by atomic mass is 10.2. The smallest absolute Gasteiger partial charge is 0.437 e.